The van der Waals surface area contributed by atoms with Gasteiger partial charge in [0, 0.05) is 17.2 Å². The topological polar surface area (TPSA) is 70.0 Å². The second-order valence-electron chi connectivity index (χ2n) is 6.58. The van der Waals surface area contributed by atoms with E-state index in [0.717, 1.165) is 30.3 Å². The Morgan fingerprint density at radius 2 is 1.90 bits per heavy atom. The number of fused-ring (bicyclic) bond motifs is 1. The van der Waals surface area contributed by atoms with Crippen molar-refractivity contribution in [2.45, 2.75) is 25.6 Å². The third-order valence-electron chi connectivity index (χ3n) is 4.82. The maximum atomic E-state index is 13.6. The Balaban J connectivity index is 2.23. The molecule has 0 fully saturated rings. The largest absolute Gasteiger partial charge is 0.508 e. The summed E-state index contributed by atoms with van der Waals surface area (Å²) in [5.74, 6) is -3.18. The summed E-state index contributed by atoms with van der Waals surface area (Å²) in [4.78, 5) is 13.0. The summed E-state index contributed by atoms with van der Waals surface area (Å²) < 4.78 is 58.7. The minimum absolute atomic E-state index is 0.0576. The smallest absolute Gasteiger partial charge is 0.416 e. The highest BCUT2D eigenvalue weighted by atomic mass is 19.4. The first-order valence-corrected chi connectivity index (χ1v) is 8.52. The van der Waals surface area contributed by atoms with Gasteiger partial charge in [-0.15, -0.1) is 0 Å². The molecule has 154 valence electrons. The Morgan fingerprint density at radius 1 is 1.21 bits per heavy atom. The molecule has 0 saturated carbocycles. The fourth-order valence-corrected chi connectivity index (χ4v) is 3.42. The zero-order valence-corrected chi connectivity index (χ0v) is 15.4. The average Bonchev–Trinajstić information content (AvgIpc) is 2.64. The molecule has 1 atom stereocenters. The first kappa shape index (κ1) is 20.5. The van der Waals surface area contributed by atoms with Gasteiger partial charge in [-0.1, -0.05) is 13.0 Å². The first-order valence-electron chi connectivity index (χ1n) is 8.52. The molecule has 0 saturated heterocycles. The molecule has 5 nitrogen and oxygen atoms in total. The molecule has 1 unspecified atom stereocenters. The maximum Gasteiger partial charge on any atom is 0.416 e. The van der Waals surface area contributed by atoms with Crippen LogP contribution >= 0.6 is 0 Å². The molecule has 1 aliphatic heterocycles. The number of hydrogen-bond acceptors (Lipinski definition) is 4. The van der Waals surface area contributed by atoms with Gasteiger partial charge < -0.3 is 19.8 Å². The van der Waals surface area contributed by atoms with E-state index in [2.05, 4.69) is 0 Å². The monoisotopic (exact) mass is 411 g/mol. The lowest BCUT2D eigenvalue weighted by Crippen LogP contribution is -2.33. The van der Waals surface area contributed by atoms with Gasteiger partial charge in [0.2, 0.25) is 5.88 Å². The summed E-state index contributed by atoms with van der Waals surface area (Å²) in [6, 6.07) is 6.15. The molecule has 0 amide bonds. The number of phenolic OH excluding ortho intramolecular Hbond substituents is 1. The Bertz CT molecular complexity index is 1000. The lowest BCUT2D eigenvalue weighted by atomic mass is 9.87. The van der Waals surface area contributed by atoms with Crippen LogP contribution in [0.3, 0.4) is 0 Å². The zero-order chi connectivity index (χ0) is 21.5. The average molecular weight is 411 g/mol. The number of halogens is 4. The second-order valence-corrected chi connectivity index (χ2v) is 6.58. The van der Waals surface area contributed by atoms with Gasteiger partial charge in [-0.2, -0.15) is 13.2 Å². The molecule has 2 aromatic carbocycles. The van der Waals surface area contributed by atoms with E-state index in [0.29, 0.717) is 5.56 Å². The number of rotatable bonds is 4. The number of aliphatic carboxylic acids is 1. The summed E-state index contributed by atoms with van der Waals surface area (Å²) in [6.45, 7) is 1.25. The number of methoxy groups -OCH3 is 1. The van der Waals surface area contributed by atoms with E-state index in [1.54, 1.807) is 6.92 Å². The fraction of sp³-hybridized carbons (Fsp3) is 0.250. The van der Waals surface area contributed by atoms with Crippen LogP contribution < -0.4 is 4.90 Å². The molecule has 29 heavy (non-hydrogen) atoms. The summed E-state index contributed by atoms with van der Waals surface area (Å²) in [5, 5.41) is 19.7. The van der Waals surface area contributed by atoms with Gasteiger partial charge >= 0.3 is 12.1 Å². The van der Waals surface area contributed by atoms with Crippen molar-refractivity contribution in [1.82, 2.24) is 0 Å². The number of carboxylic acids is 1. The number of benzene rings is 2. The molecular weight excluding hydrogens is 394 g/mol. The Labute approximate surface area is 163 Å². The number of anilines is 1. The number of alkyl halides is 3. The molecule has 0 spiro atoms. The number of ether oxygens (including phenoxy) is 1. The summed E-state index contributed by atoms with van der Waals surface area (Å²) >= 11 is 0. The van der Waals surface area contributed by atoms with Gasteiger partial charge in [0.1, 0.15) is 17.1 Å². The molecule has 0 bridgehead atoms. The van der Waals surface area contributed by atoms with E-state index < -0.39 is 29.4 Å². The van der Waals surface area contributed by atoms with Crippen LogP contribution in [0, 0.1) is 5.82 Å². The van der Waals surface area contributed by atoms with Gasteiger partial charge in [0.15, 0.2) is 0 Å². The summed E-state index contributed by atoms with van der Waals surface area (Å²) in [5.41, 5.74) is -0.617. The third-order valence-corrected chi connectivity index (χ3v) is 4.82. The zero-order valence-electron chi connectivity index (χ0n) is 15.4. The fourth-order valence-electron chi connectivity index (χ4n) is 3.42. The van der Waals surface area contributed by atoms with Gasteiger partial charge in [0.05, 0.1) is 19.2 Å². The maximum absolute atomic E-state index is 13.6. The van der Waals surface area contributed by atoms with E-state index in [-0.39, 0.29) is 35.0 Å². The molecule has 2 N–H and O–H groups in total. The second kappa shape index (κ2) is 7.31. The van der Waals surface area contributed by atoms with Crippen molar-refractivity contribution < 1.29 is 37.3 Å². The molecule has 9 heteroatoms. The number of aromatic hydroxyl groups is 1. The molecule has 3 rings (SSSR count). The van der Waals surface area contributed by atoms with Gasteiger partial charge in [0.25, 0.3) is 0 Å². The number of carboxylic acid groups (broad SMARTS) is 1. The van der Waals surface area contributed by atoms with Crippen molar-refractivity contribution in [2.75, 3.05) is 12.0 Å². The molecule has 0 aliphatic carbocycles. The van der Waals surface area contributed by atoms with Crippen LogP contribution in [0.2, 0.25) is 0 Å². The van der Waals surface area contributed by atoms with Crippen LogP contribution in [0.25, 0.3) is 0 Å². The van der Waals surface area contributed by atoms with Crippen LogP contribution in [0.5, 0.6) is 5.75 Å². The minimum atomic E-state index is -4.62. The van der Waals surface area contributed by atoms with Crippen molar-refractivity contribution in [1.29, 1.82) is 0 Å². The van der Waals surface area contributed by atoms with Gasteiger partial charge in [-0.3, -0.25) is 0 Å². The Hall–Kier alpha value is -3.23. The predicted octanol–water partition coefficient (Wildman–Crippen LogP) is 4.62. The first-order chi connectivity index (χ1) is 13.5. The Kier molecular flexibility index (Phi) is 5.16. The molecular formula is C20H17F4NO4. The summed E-state index contributed by atoms with van der Waals surface area (Å²) in [6.07, 6.45) is -4.62. The number of phenols is 1. The van der Waals surface area contributed by atoms with Crippen LogP contribution in [-0.2, 0) is 22.3 Å². The van der Waals surface area contributed by atoms with Crippen LogP contribution in [0.15, 0.2) is 47.9 Å². The van der Waals surface area contributed by atoms with Gasteiger partial charge in [-0.05, 0) is 35.9 Å². The number of nitrogens with zero attached hydrogens (tertiary/aromatic N) is 1. The highest BCUT2D eigenvalue weighted by Gasteiger charge is 2.38. The number of hydrogen-bond donors (Lipinski definition) is 2. The van der Waals surface area contributed by atoms with E-state index >= 15 is 0 Å². The van der Waals surface area contributed by atoms with E-state index in [1.165, 1.54) is 18.1 Å². The normalized spacial score (nSPS) is 16.6. The highest BCUT2D eigenvalue weighted by Crippen LogP contribution is 2.45. The van der Waals surface area contributed by atoms with Crippen LogP contribution in [-0.4, -0.2) is 23.3 Å². The molecule has 1 aliphatic rings. The standard InChI is InChI=1S/C20H17F4NO4/c1-10-14-5-3-12(20(22,23)24)8-15(14)25(18(29-2)17(10)19(27)28)9-11-7-13(21)4-6-16(11)26/h3-8,10,26H,9H2,1-2H3,(H,27,28). The van der Waals surface area contributed by atoms with Crippen molar-refractivity contribution in [3.8, 4) is 5.75 Å². The predicted molar refractivity (Wildman–Crippen MR) is 95.8 cm³/mol. The van der Waals surface area contributed by atoms with E-state index in [1.807, 2.05) is 0 Å². The van der Waals surface area contributed by atoms with E-state index in [9.17, 15) is 32.6 Å². The Morgan fingerprint density at radius 3 is 2.48 bits per heavy atom. The highest BCUT2D eigenvalue weighted by molar-refractivity contribution is 5.92. The molecule has 0 radical (unpaired) electrons. The lowest BCUT2D eigenvalue weighted by Gasteiger charge is -2.36. The summed E-state index contributed by atoms with van der Waals surface area (Å²) in [7, 11) is 1.20. The lowest BCUT2D eigenvalue weighted by molar-refractivity contribution is -0.137. The molecule has 2 aromatic rings. The van der Waals surface area contributed by atoms with Crippen LogP contribution in [0.1, 0.15) is 29.5 Å². The third kappa shape index (κ3) is 3.72. The van der Waals surface area contributed by atoms with Crippen molar-refractivity contribution in [3.05, 3.63) is 70.4 Å². The quantitative estimate of drug-likeness (QED) is 0.719. The van der Waals surface area contributed by atoms with Crippen molar-refractivity contribution in [2.24, 2.45) is 0 Å². The molecule has 0 aromatic heterocycles. The van der Waals surface area contributed by atoms with Gasteiger partial charge in [-0.25, -0.2) is 9.18 Å². The van der Waals surface area contributed by atoms with E-state index in [4.69, 9.17) is 4.74 Å². The minimum Gasteiger partial charge on any atom is -0.508 e. The van der Waals surface area contributed by atoms with Crippen molar-refractivity contribution in [3.63, 3.8) is 0 Å². The van der Waals surface area contributed by atoms with Crippen LogP contribution in [0.4, 0.5) is 23.2 Å². The number of carbonyl (C=O) groups is 1. The SMILES string of the molecule is COC1=C(C(=O)O)C(C)c2ccc(C(F)(F)F)cc2N1Cc1cc(F)ccc1O. The van der Waals surface area contributed by atoms with Crippen molar-refractivity contribution >= 4 is 11.7 Å². The molecule has 1 heterocycles.